The lowest BCUT2D eigenvalue weighted by Gasteiger charge is -2.31. The van der Waals surface area contributed by atoms with Crippen molar-refractivity contribution in [2.45, 2.75) is 78.6 Å². The normalized spacial score (nSPS) is 13.8. The molecule has 0 radical (unpaired) electrons. The molecule has 0 atom stereocenters. The predicted octanol–water partition coefficient (Wildman–Crippen LogP) is 4.97. The SMILES string of the molecule is CC(C)(C)c1ccc(C(C)(C)C)c(C(C)(C)C)n1. The summed E-state index contributed by atoms with van der Waals surface area (Å²) >= 11 is 0. The standard InChI is InChI=1S/C17H29N/c1-15(2,3)12-10-11-13(16(4,5)6)18-14(12)17(7,8)9/h10-11H,1-9H3. The fourth-order valence-corrected chi connectivity index (χ4v) is 2.05. The Bertz CT molecular complexity index is 422. The number of hydrogen-bond donors (Lipinski definition) is 0. The largest absolute Gasteiger partial charge is 0.256 e. The summed E-state index contributed by atoms with van der Waals surface area (Å²) in [5.74, 6) is 0. The van der Waals surface area contributed by atoms with Gasteiger partial charge in [0.15, 0.2) is 0 Å². The Morgan fingerprint density at radius 1 is 0.667 bits per heavy atom. The van der Waals surface area contributed by atoms with Crippen LogP contribution in [0.2, 0.25) is 0 Å². The summed E-state index contributed by atoms with van der Waals surface area (Å²) in [7, 11) is 0. The average molecular weight is 247 g/mol. The van der Waals surface area contributed by atoms with Crippen molar-refractivity contribution in [3.05, 3.63) is 29.1 Å². The second kappa shape index (κ2) is 4.36. The Morgan fingerprint density at radius 3 is 1.50 bits per heavy atom. The van der Waals surface area contributed by atoms with Crippen molar-refractivity contribution in [3.8, 4) is 0 Å². The highest BCUT2D eigenvalue weighted by Gasteiger charge is 2.28. The molecule has 18 heavy (non-hydrogen) atoms. The molecule has 1 heteroatoms. The number of rotatable bonds is 0. The highest BCUT2D eigenvalue weighted by atomic mass is 14.8. The van der Waals surface area contributed by atoms with E-state index in [1.807, 2.05) is 0 Å². The van der Waals surface area contributed by atoms with Crippen molar-refractivity contribution in [1.29, 1.82) is 0 Å². The van der Waals surface area contributed by atoms with Gasteiger partial charge in [-0.05, 0) is 17.0 Å². The third kappa shape index (κ3) is 3.34. The molecule has 1 nitrogen and oxygen atoms in total. The van der Waals surface area contributed by atoms with E-state index in [1.54, 1.807) is 0 Å². The molecule has 1 rings (SSSR count). The molecule has 0 aliphatic carbocycles. The van der Waals surface area contributed by atoms with E-state index in [2.05, 4.69) is 74.4 Å². The molecule has 0 amide bonds. The molecule has 1 heterocycles. The molecular formula is C17H29N. The zero-order valence-electron chi connectivity index (χ0n) is 13.6. The molecule has 0 N–H and O–H groups in total. The van der Waals surface area contributed by atoms with Gasteiger partial charge in [0.2, 0.25) is 0 Å². The van der Waals surface area contributed by atoms with Gasteiger partial charge in [-0.15, -0.1) is 0 Å². The third-order valence-corrected chi connectivity index (χ3v) is 3.18. The minimum atomic E-state index is 0.0872. The Labute approximate surface area is 113 Å². The number of aromatic nitrogens is 1. The van der Waals surface area contributed by atoms with Gasteiger partial charge in [0, 0.05) is 22.2 Å². The van der Waals surface area contributed by atoms with Gasteiger partial charge in [0.1, 0.15) is 0 Å². The van der Waals surface area contributed by atoms with Crippen LogP contribution in [0, 0.1) is 0 Å². The Morgan fingerprint density at radius 2 is 1.17 bits per heavy atom. The van der Waals surface area contributed by atoms with E-state index in [0.717, 1.165) is 0 Å². The van der Waals surface area contributed by atoms with E-state index in [-0.39, 0.29) is 16.2 Å². The quantitative estimate of drug-likeness (QED) is 0.630. The molecule has 0 aliphatic rings. The Balaban J connectivity index is 3.50. The molecule has 1 aromatic heterocycles. The van der Waals surface area contributed by atoms with Gasteiger partial charge in [-0.1, -0.05) is 68.4 Å². The monoisotopic (exact) mass is 247 g/mol. The van der Waals surface area contributed by atoms with Gasteiger partial charge in [-0.3, -0.25) is 4.98 Å². The first kappa shape index (κ1) is 15.2. The first-order valence-electron chi connectivity index (χ1n) is 6.86. The van der Waals surface area contributed by atoms with Crippen LogP contribution in [-0.2, 0) is 16.2 Å². The molecule has 0 aromatic carbocycles. The summed E-state index contributed by atoms with van der Waals surface area (Å²) in [5.41, 5.74) is 4.12. The average Bonchev–Trinajstić information content (AvgIpc) is 2.12. The van der Waals surface area contributed by atoms with E-state index >= 15 is 0 Å². The van der Waals surface area contributed by atoms with Crippen LogP contribution in [0.5, 0.6) is 0 Å². The first-order chi connectivity index (χ1) is 7.83. The Kier molecular flexibility index (Phi) is 3.69. The van der Waals surface area contributed by atoms with Crippen molar-refractivity contribution in [2.75, 3.05) is 0 Å². The van der Waals surface area contributed by atoms with Crippen molar-refractivity contribution in [1.82, 2.24) is 4.98 Å². The third-order valence-electron chi connectivity index (χ3n) is 3.18. The minimum Gasteiger partial charge on any atom is -0.256 e. The zero-order valence-corrected chi connectivity index (χ0v) is 13.6. The van der Waals surface area contributed by atoms with Crippen LogP contribution in [0.15, 0.2) is 12.1 Å². The minimum absolute atomic E-state index is 0.0872. The summed E-state index contributed by atoms with van der Waals surface area (Å²) in [4.78, 5) is 4.98. The molecule has 102 valence electrons. The lowest BCUT2D eigenvalue weighted by molar-refractivity contribution is 0.495. The van der Waals surface area contributed by atoms with Gasteiger partial charge >= 0.3 is 0 Å². The first-order valence-corrected chi connectivity index (χ1v) is 6.86. The van der Waals surface area contributed by atoms with Crippen molar-refractivity contribution >= 4 is 0 Å². The molecule has 0 unspecified atom stereocenters. The van der Waals surface area contributed by atoms with E-state index in [1.165, 1.54) is 17.0 Å². The maximum atomic E-state index is 4.98. The Hall–Kier alpha value is -0.850. The maximum Gasteiger partial charge on any atom is 0.0497 e. The van der Waals surface area contributed by atoms with Gasteiger partial charge in [-0.2, -0.15) is 0 Å². The van der Waals surface area contributed by atoms with Gasteiger partial charge in [0.25, 0.3) is 0 Å². The fraction of sp³-hybridized carbons (Fsp3) is 0.706. The maximum absolute atomic E-state index is 4.98. The van der Waals surface area contributed by atoms with Gasteiger partial charge in [0.05, 0.1) is 0 Å². The number of hydrogen-bond acceptors (Lipinski definition) is 1. The molecule has 0 saturated carbocycles. The molecule has 0 saturated heterocycles. The van der Waals surface area contributed by atoms with Crippen LogP contribution in [0.3, 0.4) is 0 Å². The van der Waals surface area contributed by atoms with Crippen LogP contribution in [-0.4, -0.2) is 4.98 Å². The number of nitrogens with zero attached hydrogens (tertiary/aromatic N) is 1. The zero-order chi connectivity index (χ0) is 14.4. The summed E-state index contributed by atoms with van der Waals surface area (Å²) in [6.07, 6.45) is 0. The molecule has 0 aliphatic heterocycles. The summed E-state index contributed by atoms with van der Waals surface area (Å²) in [6.45, 7) is 20.2. The van der Waals surface area contributed by atoms with E-state index in [9.17, 15) is 0 Å². The van der Waals surface area contributed by atoms with Gasteiger partial charge in [-0.25, -0.2) is 0 Å². The fourth-order valence-electron chi connectivity index (χ4n) is 2.05. The topological polar surface area (TPSA) is 12.9 Å². The smallest absolute Gasteiger partial charge is 0.0497 e. The molecule has 0 bridgehead atoms. The lowest BCUT2D eigenvalue weighted by Crippen LogP contribution is -2.26. The van der Waals surface area contributed by atoms with Crippen LogP contribution in [0.4, 0.5) is 0 Å². The van der Waals surface area contributed by atoms with Crippen molar-refractivity contribution in [3.63, 3.8) is 0 Å². The second-order valence-corrected chi connectivity index (χ2v) is 8.34. The molecule has 0 fully saturated rings. The van der Waals surface area contributed by atoms with Gasteiger partial charge < -0.3 is 0 Å². The molecule has 1 aromatic rings. The lowest BCUT2D eigenvalue weighted by atomic mass is 9.77. The van der Waals surface area contributed by atoms with Crippen LogP contribution in [0.1, 0.15) is 79.3 Å². The summed E-state index contributed by atoms with van der Waals surface area (Å²) < 4.78 is 0. The number of pyridine rings is 1. The van der Waals surface area contributed by atoms with Crippen LogP contribution in [0.25, 0.3) is 0 Å². The van der Waals surface area contributed by atoms with E-state index in [4.69, 9.17) is 4.98 Å². The highest BCUT2D eigenvalue weighted by Crippen LogP contribution is 2.34. The summed E-state index contributed by atoms with van der Waals surface area (Å²) in [5, 5.41) is 0. The van der Waals surface area contributed by atoms with Crippen molar-refractivity contribution in [2.24, 2.45) is 0 Å². The van der Waals surface area contributed by atoms with Crippen molar-refractivity contribution < 1.29 is 0 Å². The molecule has 0 spiro atoms. The van der Waals surface area contributed by atoms with Crippen LogP contribution >= 0.6 is 0 Å². The van der Waals surface area contributed by atoms with Crippen LogP contribution < -0.4 is 0 Å². The molecular weight excluding hydrogens is 218 g/mol. The summed E-state index contributed by atoms with van der Waals surface area (Å²) in [6, 6.07) is 4.46. The highest BCUT2D eigenvalue weighted by molar-refractivity contribution is 5.35. The predicted molar refractivity (Wildman–Crippen MR) is 80.3 cm³/mol. The van der Waals surface area contributed by atoms with E-state index in [0.29, 0.717) is 0 Å². The van der Waals surface area contributed by atoms with E-state index < -0.39 is 0 Å². The second-order valence-electron chi connectivity index (χ2n) is 8.34.